The predicted molar refractivity (Wildman–Crippen MR) is 125 cm³/mol. The molecule has 0 radical (unpaired) electrons. The highest BCUT2D eigenvalue weighted by Gasteiger charge is 2.48. The number of carbonyl (C=O) groups excluding carboxylic acids is 2. The average molecular weight is 498 g/mol. The van der Waals surface area contributed by atoms with Crippen LogP contribution in [0.1, 0.15) is 12.5 Å². The number of fused-ring (bicyclic) bond motifs is 1. The molecule has 2 N–H and O–H groups in total. The maximum absolute atomic E-state index is 15.2. The van der Waals surface area contributed by atoms with Gasteiger partial charge in [-0.15, -0.1) is 0 Å². The highest BCUT2D eigenvalue weighted by atomic mass is 19.1. The summed E-state index contributed by atoms with van der Waals surface area (Å²) in [6.45, 7) is 2.05. The van der Waals surface area contributed by atoms with E-state index in [2.05, 4.69) is 15.7 Å². The maximum atomic E-state index is 15.2. The Kier molecular flexibility index (Phi) is 5.92. The number of hydrogen-bond acceptors (Lipinski definition) is 9. The molecule has 188 valence electrons. The number of cyclic esters (lactones) is 1. The van der Waals surface area contributed by atoms with Gasteiger partial charge in [0, 0.05) is 25.2 Å². The summed E-state index contributed by atoms with van der Waals surface area (Å²) in [5.74, 6) is -0.440. The number of ether oxygens (including phenoxy) is 1. The number of oxazole rings is 1. The molecule has 5 rings (SSSR count). The smallest absolute Gasteiger partial charge is 0.407 e. The van der Waals surface area contributed by atoms with Gasteiger partial charge >= 0.3 is 12.1 Å². The molecule has 2 amide bonds. The summed E-state index contributed by atoms with van der Waals surface area (Å²) in [6, 6.07) is 12.9. The van der Waals surface area contributed by atoms with E-state index in [-0.39, 0.29) is 43.4 Å². The van der Waals surface area contributed by atoms with Gasteiger partial charge in [-0.3, -0.25) is 25.2 Å². The number of benzene rings is 2. The summed E-state index contributed by atoms with van der Waals surface area (Å²) in [5, 5.41) is 15.0. The van der Waals surface area contributed by atoms with Crippen LogP contribution in [0.4, 0.5) is 20.9 Å². The first kappa shape index (κ1) is 23.5. The van der Waals surface area contributed by atoms with Crippen molar-refractivity contribution in [2.45, 2.75) is 24.7 Å². The van der Waals surface area contributed by atoms with Gasteiger partial charge in [-0.05, 0) is 18.6 Å². The van der Waals surface area contributed by atoms with Crippen molar-refractivity contribution in [2.24, 2.45) is 0 Å². The molecule has 2 aromatic carbocycles. The Morgan fingerprint density at radius 3 is 2.72 bits per heavy atom. The summed E-state index contributed by atoms with van der Waals surface area (Å²) < 4.78 is 26.2. The molecular formula is C23H23FN6O6. The summed E-state index contributed by atoms with van der Waals surface area (Å²) in [6.07, 6.45) is -2.93. The molecule has 2 aliphatic heterocycles. The third kappa shape index (κ3) is 4.17. The molecule has 36 heavy (non-hydrogen) atoms. The largest absolute Gasteiger partial charge is 0.443 e. The fraction of sp³-hybridized carbons (Fsp3) is 0.348. The topological polar surface area (TPSA) is 143 Å². The third-order valence-electron chi connectivity index (χ3n) is 6.57. The Morgan fingerprint density at radius 2 is 2.06 bits per heavy atom. The van der Waals surface area contributed by atoms with Crippen LogP contribution in [0.25, 0.3) is 11.1 Å². The number of aromatic nitrogens is 1. The van der Waals surface area contributed by atoms with E-state index in [1.807, 2.05) is 6.07 Å². The van der Waals surface area contributed by atoms with Crippen molar-refractivity contribution in [3.63, 3.8) is 0 Å². The van der Waals surface area contributed by atoms with E-state index in [0.29, 0.717) is 11.1 Å². The van der Waals surface area contributed by atoms with E-state index in [0.717, 1.165) is 0 Å². The molecule has 2 saturated heterocycles. The molecule has 12 nitrogen and oxygen atoms in total. The van der Waals surface area contributed by atoms with Crippen molar-refractivity contribution >= 4 is 34.8 Å². The van der Waals surface area contributed by atoms with Crippen LogP contribution >= 0.6 is 0 Å². The highest BCUT2D eigenvalue weighted by Crippen LogP contribution is 2.33. The van der Waals surface area contributed by atoms with Crippen molar-refractivity contribution in [1.82, 2.24) is 20.7 Å². The number of nitrogens with one attached hydrogen (secondary N) is 2. The maximum Gasteiger partial charge on any atom is 0.407 e. The number of nitro benzene ring substituents is 1. The van der Waals surface area contributed by atoms with E-state index in [1.165, 1.54) is 28.1 Å². The Labute approximate surface area is 204 Å². The van der Waals surface area contributed by atoms with Gasteiger partial charge in [0.05, 0.1) is 18.0 Å². The number of hydrogen-bond donors (Lipinski definition) is 2. The number of rotatable bonds is 6. The van der Waals surface area contributed by atoms with Crippen LogP contribution in [-0.4, -0.2) is 65.5 Å². The number of non-ortho nitro benzene ring substituents is 1. The van der Waals surface area contributed by atoms with Gasteiger partial charge in [0.2, 0.25) is 5.91 Å². The van der Waals surface area contributed by atoms with Gasteiger partial charge in [0.1, 0.15) is 17.0 Å². The number of alkyl carbamates (subject to hydrolysis) is 1. The second-order valence-corrected chi connectivity index (χ2v) is 8.76. The first-order valence-corrected chi connectivity index (χ1v) is 11.3. The molecule has 3 heterocycles. The number of anilines is 1. The first-order valence-electron chi connectivity index (χ1n) is 11.3. The second-order valence-electron chi connectivity index (χ2n) is 8.76. The lowest BCUT2D eigenvalue weighted by molar-refractivity contribution is -0.384. The van der Waals surface area contributed by atoms with E-state index >= 15 is 4.39 Å². The molecule has 13 heteroatoms. The van der Waals surface area contributed by atoms with Crippen LogP contribution in [0.15, 0.2) is 52.9 Å². The van der Waals surface area contributed by atoms with Crippen LogP contribution in [0, 0.1) is 10.1 Å². The molecule has 0 saturated carbocycles. The number of hydrazine groups is 1. The Balaban J connectivity index is 1.30. The lowest BCUT2D eigenvalue weighted by Gasteiger charge is -2.39. The van der Waals surface area contributed by atoms with Gasteiger partial charge in [0.25, 0.3) is 5.69 Å². The predicted octanol–water partition coefficient (Wildman–Crippen LogP) is 2.25. The van der Waals surface area contributed by atoms with Crippen LogP contribution in [0.3, 0.4) is 0 Å². The fourth-order valence-electron chi connectivity index (χ4n) is 4.42. The third-order valence-corrected chi connectivity index (χ3v) is 6.57. The number of alkyl halides is 1. The molecule has 2 fully saturated rings. The molecule has 2 aliphatic rings. The molecular weight excluding hydrogens is 475 g/mol. The van der Waals surface area contributed by atoms with Crippen molar-refractivity contribution in [2.75, 3.05) is 31.1 Å². The number of carbonyl (C=O) groups is 2. The standard InChI is InChI=1S/C23H23FN6O6/c1-23(14-5-3-2-4-6-14,18-12-25-22(32)36-18)20(31)27-28-9-10-29(19(24)13-28)21-26-16-11-15(30(33)34)7-8-17(16)35-21/h2-8,11,18-19H,9-10,12-13H2,1H3,(H,25,32)(H,27,31). The minimum atomic E-state index is -1.57. The van der Waals surface area contributed by atoms with Crippen LogP contribution < -0.4 is 15.6 Å². The summed E-state index contributed by atoms with van der Waals surface area (Å²) in [7, 11) is 0. The number of amides is 2. The van der Waals surface area contributed by atoms with Gasteiger partial charge in [0.15, 0.2) is 11.9 Å². The SMILES string of the molecule is CC(C(=O)NN1CCN(c2nc3cc([N+](=O)[O-])ccc3o2)C(F)C1)(c1ccccc1)C1CNC(=O)O1. The lowest BCUT2D eigenvalue weighted by Crippen LogP contribution is -2.61. The molecule has 0 spiro atoms. The monoisotopic (exact) mass is 498 g/mol. The van der Waals surface area contributed by atoms with Gasteiger partial charge in [-0.1, -0.05) is 30.3 Å². The Morgan fingerprint density at radius 1 is 1.28 bits per heavy atom. The Hall–Kier alpha value is -4.26. The second kappa shape index (κ2) is 9.07. The molecule has 3 aromatic rings. The van der Waals surface area contributed by atoms with E-state index in [9.17, 15) is 19.7 Å². The minimum absolute atomic E-state index is 0.00189. The minimum Gasteiger partial charge on any atom is -0.443 e. The average Bonchev–Trinajstić information content (AvgIpc) is 3.50. The zero-order chi connectivity index (χ0) is 25.4. The number of piperazine rings is 1. The van der Waals surface area contributed by atoms with Crippen molar-refractivity contribution in [3.8, 4) is 0 Å². The normalized spacial score (nSPS) is 22.1. The molecule has 3 unspecified atom stereocenters. The fourth-order valence-corrected chi connectivity index (χ4v) is 4.42. The zero-order valence-corrected chi connectivity index (χ0v) is 19.2. The number of nitrogens with zero attached hydrogens (tertiary/aromatic N) is 4. The molecule has 0 bridgehead atoms. The number of halogens is 1. The van der Waals surface area contributed by atoms with Crippen molar-refractivity contribution < 1.29 is 28.1 Å². The molecule has 1 aromatic heterocycles. The van der Waals surface area contributed by atoms with Crippen LogP contribution in [0.5, 0.6) is 0 Å². The lowest BCUT2D eigenvalue weighted by atomic mass is 9.76. The van der Waals surface area contributed by atoms with E-state index < -0.39 is 34.7 Å². The van der Waals surface area contributed by atoms with Crippen LogP contribution in [-0.2, 0) is 14.9 Å². The summed E-state index contributed by atoms with van der Waals surface area (Å²) in [4.78, 5) is 41.2. The molecule has 3 atom stereocenters. The van der Waals surface area contributed by atoms with Gasteiger partial charge in [-0.2, -0.15) is 4.98 Å². The first-order chi connectivity index (χ1) is 17.3. The zero-order valence-electron chi connectivity index (χ0n) is 19.2. The summed E-state index contributed by atoms with van der Waals surface area (Å²) in [5.41, 5.74) is 2.62. The van der Waals surface area contributed by atoms with Gasteiger partial charge in [-0.25, -0.2) is 14.2 Å². The van der Waals surface area contributed by atoms with E-state index in [1.54, 1.807) is 31.2 Å². The highest BCUT2D eigenvalue weighted by molar-refractivity contribution is 5.89. The van der Waals surface area contributed by atoms with Crippen molar-refractivity contribution in [1.29, 1.82) is 0 Å². The number of nitro groups is 1. The summed E-state index contributed by atoms with van der Waals surface area (Å²) >= 11 is 0. The molecule has 0 aliphatic carbocycles. The quantitative estimate of drug-likeness (QED) is 0.297. The van der Waals surface area contributed by atoms with Crippen LogP contribution in [0.2, 0.25) is 0 Å². The Bertz CT molecular complexity index is 1320. The van der Waals surface area contributed by atoms with E-state index in [4.69, 9.17) is 9.15 Å². The van der Waals surface area contributed by atoms with Gasteiger partial charge < -0.3 is 14.5 Å². The van der Waals surface area contributed by atoms with Crippen molar-refractivity contribution in [3.05, 3.63) is 64.2 Å².